The summed E-state index contributed by atoms with van der Waals surface area (Å²) in [5.41, 5.74) is -1.22. The van der Waals surface area contributed by atoms with Crippen molar-refractivity contribution in [3.63, 3.8) is 0 Å². The van der Waals surface area contributed by atoms with E-state index in [1.807, 2.05) is 4.98 Å². The van der Waals surface area contributed by atoms with Gasteiger partial charge in [0.05, 0.1) is 6.61 Å². The third-order valence-electron chi connectivity index (χ3n) is 3.29. The van der Waals surface area contributed by atoms with Gasteiger partial charge in [-0.15, -0.1) is 0 Å². The third kappa shape index (κ3) is 3.92. The molecule has 1 aromatic rings. The predicted molar refractivity (Wildman–Crippen MR) is 71.3 cm³/mol. The molecule has 0 aliphatic carbocycles. The quantitative estimate of drug-likeness (QED) is 0.757. The predicted octanol–water partition coefficient (Wildman–Crippen LogP) is 0.895. The van der Waals surface area contributed by atoms with Crippen molar-refractivity contribution >= 4 is 7.60 Å². The summed E-state index contributed by atoms with van der Waals surface area (Å²) in [7, 11) is -5.16. The van der Waals surface area contributed by atoms with Crippen LogP contribution < -0.4 is 11.2 Å². The minimum Gasteiger partial charge on any atom is -0.349 e. The topological polar surface area (TPSA) is 111 Å². The average molecular weight is 358 g/mol. The van der Waals surface area contributed by atoms with E-state index in [0.717, 1.165) is 4.57 Å². The fourth-order valence-electron chi connectivity index (χ4n) is 2.05. The van der Waals surface area contributed by atoms with Gasteiger partial charge in [-0.1, -0.05) is 0 Å². The first-order chi connectivity index (χ1) is 10.6. The van der Waals surface area contributed by atoms with Gasteiger partial charge in [0.2, 0.25) is 0 Å². The molecule has 0 amide bonds. The highest BCUT2D eigenvalue weighted by molar-refractivity contribution is 7.53. The van der Waals surface area contributed by atoms with E-state index in [2.05, 4.69) is 4.52 Å². The Morgan fingerprint density at radius 2 is 2.22 bits per heavy atom. The van der Waals surface area contributed by atoms with E-state index in [1.54, 1.807) is 0 Å². The van der Waals surface area contributed by atoms with Crippen molar-refractivity contribution in [1.82, 2.24) is 9.55 Å². The van der Waals surface area contributed by atoms with Crippen LogP contribution >= 0.6 is 7.60 Å². The summed E-state index contributed by atoms with van der Waals surface area (Å²) in [6, 6.07) is 0. The molecule has 23 heavy (non-hydrogen) atoms. The number of ether oxygens (including phenoxy) is 1. The maximum absolute atomic E-state index is 13.9. The van der Waals surface area contributed by atoms with Crippen LogP contribution in [-0.4, -0.2) is 39.5 Å². The van der Waals surface area contributed by atoms with Gasteiger partial charge in [0.25, 0.3) is 5.56 Å². The molecule has 0 spiro atoms. The normalized spacial score (nSPS) is 27.3. The number of nitrogens with zero attached hydrogens (tertiary/aromatic N) is 1. The first-order valence-corrected chi connectivity index (χ1v) is 8.13. The molecule has 4 atom stereocenters. The Balaban J connectivity index is 2.10. The number of halogens is 3. The Labute approximate surface area is 127 Å². The second-order valence-electron chi connectivity index (χ2n) is 5.00. The van der Waals surface area contributed by atoms with Crippen molar-refractivity contribution < 1.29 is 31.9 Å². The van der Waals surface area contributed by atoms with E-state index in [0.29, 0.717) is 0 Å². The van der Waals surface area contributed by atoms with Gasteiger partial charge < -0.3 is 14.2 Å². The lowest BCUT2D eigenvalue weighted by molar-refractivity contribution is -0.0342. The zero-order valence-corrected chi connectivity index (χ0v) is 12.7. The Morgan fingerprint density at radius 3 is 2.83 bits per heavy atom. The lowest BCUT2D eigenvalue weighted by atomic mass is 10.2. The molecule has 2 rings (SSSR count). The van der Waals surface area contributed by atoms with Gasteiger partial charge in [0, 0.05) is 18.2 Å². The number of nitrogens with one attached hydrogen (secondary N) is 1. The summed E-state index contributed by atoms with van der Waals surface area (Å²) < 4.78 is 59.5. The minimum absolute atomic E-state index is 0.195. The maximum atomic E-state index is 13.9. The number of hydrogen-bond acceptors (Lipinski definition) is 5. The second kappa shape index (κ2) is 6.60. The fraction of sp³-hybridized carbons (Fsp3) is 0.636. The van der Waals surface area contributed by atoms with Gasteiger partial charge in [0.1, 0.15) is 18.5 Å². The van der Waals surface area contributed by atoms with E-state index in [1.165, 1.54) is 13.1 Å². The Morgan fingerprint density at radius 1 is 1.57 bits per heavy atom. The first-order valence-electron chi connectivity index (χ1n) is 6.48. The minimum atomic E-state index is -5.16. The summed E-state index contributed by atoms with van der Waals surface area (Å²) >= 11 is 0. The summed E-state index contributed by atoms with van der Waals surface area (Å²) in [6.07, 6.45) is -6.91. The van der Waals surface area contributed by atoms with Crippen molar-refractivity contribution in [2.24, 2.45) is 0 Å². The standard InChI is InChI=1S/C11H14F3N2O6P/c1-5-3-16(11(18)15-9(5)17)8-2-6(12)7(22-8)4-21-23(19,20)10(13)14/h3,6-8,10H,2,4H2,1H3,(H,19,20)(H,15,17,18)/t6-,7+,8+/m0/s1. The lowest BCUT2D eigenvalue weighted by Gasteiger charge is -2.17. The number of aromatic amines is 1. The van der Waals surface area contributed by atoms with E-state index < -0.39 is 50.1 Å². The van der Waals surface area contributed by atoms with Gasteiger partial charge in [-0.05, 0) is 6.92 Å². The molecule has 1 fully saturated rings. The van der Waals surface area contributed by atoms with Crippen LogP contribution in [-0.2, 0) is 13.8 Å². The Hall–Kier alpha value is -1.42. The molecule has 12 heteroatoms. The van der Waals surface area contributed by atoms with Crippen LogP contribution in [0.4, 0.5) is 13.2 Å². The molecule has 1 aliphatic rings. The van der Waals surface area contributed by atoms with Crippen molar-refractivity contribution in [2.45, 2.75) is 38.0 Å². The molecule has 2 heterocycles. The molecule has 1 saturated heterocycles. The maximum Gasteiger partial charge on any atom is 0.394 e. The monoisotopic (exact) mass is 358 g/mol. The molecular formula is C11H14F3N2O6P. The first kappa shape index (κ1) is 17.9. The molecule has 0 bridgehead atoms. The van der Waals surface area contributed by atoms with Crippen molar-refractivity contribution in [1.29, 1.82) is 0 Å². The highest BCUT2D eigenvalue weighted by atomic mass is 31.2. The van der Waals surface area contributed by atoms with Crippen LogP contribution in [0, 0.1) is 6.92 Å². The Kier molecular flexibility index (Phi) is 5.14. The van der Waals surface area contributed by atoms with Crippen molar-refractivity contribution in [3.05, 3.63) is 32.6 Å². The summed E-state index contributed by atoms with van der Waals surface area (Å²) in [6.45, 7) is 0.564. The molecule has 0 saturated carbocycles. The van der Waals surface area contributed by atoms with Gasteiger partial charge in [-0.25, -0.2) is 9.18 Å². The molecule has 8 nitrogen and oxygen atoms in total. The molecule has 1 aromatic heterocycles. The highest BCUT2D eigenvalue weighted by Crippen LogP contribution is 2.49. The van der Waals surface area contributed by atoms with E-state index in [4.69, 9.17) is 9.63 Å². The molecule has 1 unspecified atom stereocenters. The fourth-order valence-corrected chi connectivity index (χ4v) is 2.52. The van der Waals surface area contributed by atoms with Gasteiger partial charge in [0.15, 0.2) is 0 Å². The SMILES string of the molecule is Cc1cn([C@H]2C[C@H](F)[C@@H](COP(=O)(O)C(F)F)O2)c(=O)[nH]c1=O. The van der Waals surface area contributed by atoms with Gasteiger partial charge >= 0.3 is 19.5 Å². The third-order valence-corrected chi connectivity index (χ3v) is 4.30. The molecule has 130 valence electrons. The molecule has 0 aromatic carbocycles. The second-order valence-corrected chi connectivity index (χ2v) is 6.77. The van der Waals surface area contributed by atoms with Crippen LogP contribution in [0.15, 0.2) is 15.8 Å². The van der Waals surface area contributed by atoms with Gasteiger partial charge in [-0.2, -0.15) is 8.78 Å². The molecular weight excluding hydrogens is 344 g/mol. The lowest BCUT2D eigenvalue weighted by Crippen LogP contribution is -2.33. The molecule has 1 aliphatic heterocycles. The zero-order valence-electron chi connectivity index (χ0n) is 11.8. The summed E-state index contributed by atoms with van der Waals surface area (Å²) in [5.74, 6) is 0. The highest BCUT2D eigenvalue weighted by Gasteiger charge is 2.40. The van der Waals surface area contributed by atoms with Crippen molar-refractivity contribution in [3.8, 4) is 0 Å². The van der Waals surface area contributed by atoms with Crippen LogP contribution in [0.3, 0.4) is 0 Å². The number of rotatable bonds is 5. The number of alkyl halides is 3. The van der Waals surface area contributed by atoms with E-state index >= 15 is 0 Å². The van der Waals surface area contributed by atoms with Crippen molar-refractivity contribution in [2.75, 3.05) is 6.61 Å². The number of H-pyrrole nitrogens is 1. The summed E-state index contributed by atoms with van der Waals surface area (Å²) in [5, 5.41) is 0. The number of aryl methyl sites for hydroxylation is 1. The van der Waals surface area contributed by atoms with E-state index in [-0.39, 0.29) is 12.0 Å². The number of aromatic nitrogens is 2. The molecule has 0 radical (unpaired) electrons. The van der Waals surface area contributed by atoms with E-state index in [9.17, 15) is 27.3 Å². The zero-order chi connectivity index (χ0) is 17.4. The average Bonchev–Trinajstić information content (AvgIpc) is 2.81. The number of hydrogen-bond donors (Lipinski definition) is 2. The van der Waals surface area contributed by atoms with Gasteiger partial charge in [-0.3, -0.25) is 18.9 Å². The summed E-state index contributed by atoms with van der Waals surface area (Å²) in [4.78, 5) is 33.8. The largest absolute Gasteiger partial charge is 0.394 e. The van der Waals surface area contributed by atoms with Crippen LogP contribution in [0.1, 0.15) is 18.2 Å². The molecule has 2 N–H and O–H groups in total. The smallest absolute Gasteiger partial charge is 0.349 e. The Bertz CT molecular complexity index is 735. The van der Waals surface area contributed by atoms with Crippen LogP contribution in [0.5, 0.6) is 0 Å². The van der Waals surface area contributed by atoms with Crippen LogP contribution in [0.2, 0.25) is 0 Å². The van der Waals surface area contributed by atoms with Crippen LogP contribution in [0.25, 0.3) is 0 Å².